The topological polar surface area (TPSA) is 58.6 Å². The summed E-state index contributed by atoms with van der Waals surface area (Å²) >= 11 is 1.23. The molecule has 1 aromatic carbocycles. The lowest BCUT2D eigenvalue weighted by Crippen LogP contribution is -2.47. The number of hydrogen-bond donors (Lipinski definition) is 0. The minimum atomic E-state index is 0.00215. The lowest BCUT2D eigenvalue weighted by Gasteiger charge is -2.38. The first kappa shape index (κ1) is 19.3. The Balaban J connectivity index is 1.44. The van der Waals surface area contributed by atoms with E-state index in [2.05, 4.69) is 31.5 Å². The summed E-state index contributed by atoms with van der Waals surface area (Å²) in [5.74, 6) is 1.03. The van der Waals surface area contributed by atoms with Crippen LogP contribution in [0, 0.1) is 6.92 Å². The van der Waals surface area contributed by atoms with Crippen molar-refractivity contribution in [1.29, 1.82) is 0 Å². The third-order valence-electron chi connectivity index (χ3n) is 6.26. The molecule has 0 N–H and O–H groups in total. The molecule has 2 aliphatic heterocycles. The van der Waals surface area contributed by atoms with Crippen molar-refractivity contribution in [2.75, 3.05) is 26.7 Å². The number of rotatable bonds is 4. The molecule has 1 atom stereocenters. The van der Waals surface area contributed by atoms with Crippen molar-refractivity contribution in [3.05, 3.63) is 40.4 Å². The molecule has 6 nitrogen and oxygen atoms in total. The highest BCUT2D eigenvalue weighted by Crippen LogP contribution is 2.40. The number of methoxy groups -OCH3 is 1. The molecule has 4 rings (SSSR count). The molecule has 1 spiro atoms. The van der Waals surface area contributed by atoms with Gasteiger partial charge in [-0.1, -0.05) is 16.6 Å². The summed E-state index contributed by atoms with van der Waals surface area (Å²) in [6.45, 7) is 5.79. The normalized spacial score (nSPS) is 23.1. The van der Waals surface area contributed by atoms with Crippen molar-refractivity contribution in [3.8, 4) is 5.75 Å². The monoisotopic (exact) mass is 400 g/mol. The summed E-state index contributed by atoms with van der Waals surface area (Å²) in [5, 5.41) is 4.04. The Bertz CT molecular complexity index is 822. The lowest BCUT2D eigenvalue weighted by molar-refractivity contribution is 0.0562. The molecule has 1 amide bonds. The second kappa shape index (κ2) is 8.17. The smallest absolute Gasteiger partial charge is 0.267 e. The highest BCUT2D eigenvalue weighted by molar-refractivity contribution is 7.07. The largest absolute Gasteiger partial charge is 0.497 e. The van der Waals surface area contributed by atoms with E-state index in [1.807, 2.05) is 19.1 Å². The zero-order valence-corrected chi connectivity index (χ0v) is 17.5. The van der Waals surface area contributed by atoms with E-state index in [0.29, 0.717) is 4.88 Å². The summed E-state index contributed by atoms with van der Waals surface area (Å²) in [4.78, 5) is 18.6. The molecular formula is C21H28N4O2S. The first-order valence-electron chi connectivity index (χ1n) is 10.1. The van der Waals surface area contributed by atoms with Crippen molar-refractivity contribution >= 4 is 17.4 Å². The van der Waals surface area contributed by atoms with E-state index in [-0.39, 0.29) is 11.4 Å². The number of carbonyl (C=O) groups excluding carboxylic acids is 1. The Kier molecular flexibility index (Phi) is 5.64. The maximum absolute atomic E-state index is 13.2. The Labute approximate surface area is 170 Å². The minimum Gasteiger partial charge on any atom is -0.497 e. The number of hydrogen-bond acceptors (Lipinski definition) is 6. The van der Waals surface area contributed by atoms with Gasteiger partial charge in [0.25, 0.3) is 5.91 Å². The van der Waals surface area contributed by atoms with Crippen LogP contribution in [0.4, 0.5) is 0 Å². The standard InChI is InChI=1S/C21H28N4O2S/c1-16-19(28-23-22-16)20(26)25-13-4-10-21(25)9-3-12-24(14-11-21)15-17-5-7-18(27-2)8-6-17/h5-8H,3-4,9-15H2,1-2H3. The number of carbonyl (C=O) groups is 1. The van der Waals surface area contributed by atoms with E-state index in [1.54, 1.807) is 7.11 Å². The minimum absolute atomic E-state index is 0.00215. The number of amides is 1. The third-order valence-corrected chi connectivity index (χ3v) is 7.08. The summed E-state index contributed by atoms with van der Waals surface area (Å²) in [6, 6.07) is 8.34. The SMILES string of the molecule is COc1ccc(CN2CCCC3(CCCN3C(=O)c3snnc3C)CC2)cc1. The molecule has 7 heteroatoms. The molecule has 1 aromatic heterocycles. The van der Waals surface area contributed by atoms with E-state index < -0.39 is 0 Å². The van der Waals surface area contributed by atoms with E-state index >= 15 is 0 Å². The second-order valence-electron chi connectivity index (χ2n) is 7.95. The van der Waals surface area contributed by atoms with Gasteiger partial charge in [-0.3, -0.25) is 9.69 Å². The number of aromatic nitrogens is 2. The van der Waals surface area contributed by atoms with Gasteiger partial charge in [0.2, 0.25) is 0 Å². The molecule has 0 radical (unpaired) electrons. The predicted molar refractivity (Wildman–Crippen MR) is 110 cm³/mol. The third kappa shape index (κ3) is 3.78. The highest BCUT2D eigenvalue weighted by atomic mass is 32.1. The van der Waals surface area contributed by atoms with Crippen molar-refractivity contribution in [2.24, 2.45) is 0 Å². The fraction of sp³-hybridized carbons (Fsp3) is 0.571. The van der Waals surface area contributed by atoms with E-state index in [9.17, 15) is 4.79 Å². The lowest BCUT2D eigenvalue weighted by atomic mass is 9.87. The molecule has 28 heavy (non-hydrogen) atoms. The fourth-order valence-corrected chi connectivity index (χ4v) is 5.31. The molecule has 0 saturated carbocycles. The predicted octanol–water partition coefficient (Wildman–Crippen LogP) is 3.52. The molecule has 0 bridgehead atoms. The molecule has 2 saturated heterocycles. The molecule has 1 unspecified atom stereocenters. The molecular weight excluding hydrogens is 372 g/mol. The van der Waals surface area contributed by atoms with Crippen molar-refractivity contribution < 1.29 is 9.53 Å². The second-order valence-corrected chi connectivity index (χ2v) is 8.70. The summed E-state index contributed by atoms with van der Waals surface area (Å²) < 4.78 is 9.22. The van der Waals surface area contributed by atoms with Crippen LogP contribution in [0.5, 0.6) is 5.75 Å². The number of nitrogens with zero attached hydrogens (tertiary/aromatic N) is 4. The summed E-state index contributed by atoms with van der Waals surface area (Å²) in [5.41, 5.74) is 2.07. The van der Waals surface area contributed by atoms with Gasteiger partial charge < -0.3 is 9.64 Å². The average molecular weight is 401 g/mol. The molecule has 2 fully saturated rings. The van der Waals surface area contributed by atoms with Crippen LogP contribution < -0.4 is 4.74 Å². The van der Waals surface area contributed by atoms with Crippen LogP contribution in [-0.2, 0) is 6.54 Å². The number of ether oxygens (including phenoxy) is 1. The fourth-order valence-electron chi connectivity index (χ4n) is 4.71. The summed E-state index contributed by atoms with van der Waals surface area (Å²) in [7, 11) is 1.70. The van der Waals surface area contributed by atoms with Gasteiger partial charge >= 0.3 is 0 Å². The Morgan fingerprint density at radius 3 is 2.57 bits per heavy atom. The van der Waals surface area contributed by atoms with E-state index in [4.69, 9.17) is 4.74 Å². The number of likely N-dealkylation sites (tertiary alicyclic amines) is 2. The van der Waals surface area contributed by atoms with Gasteiger partial charge in [0, 0.05) is 25.2 Å². The van der Waals surface area contributed by atoms with Crippen LogP contribution in [0.15, 0.2) is 24.3 Å². The van der Waals surface area contributed by atoms with Gasteiger partial charge in [-0.25, -0.2) is 0 Å². The molecule has 150 valence electrons. The average Bonchev–Trinajstić information content (AvgIpc) is 3.26. The van der Waals surface area contributed by atoms with Gasteiger partial charge in [0.1, 0.15) is 10.6 Å². The maximum Gasteiger partial charge on any atom is 0.267 e. The van der Waals surface area contributed by atoms with Crippen LogP contribution >= 0.6 is 11.5 Å². The zero-order valence-electron chi connectivity index (χ0n) is 16.7. The van der Waals surface area contributed by atoms with Crippen LogP contribution in [0.1, 0.15) is 53.0 Å². The molecule has 3 heterocycles. The van der Waals surface area contributed by atoms with E-state index in [1.165, 1.54) is 17.1 Å². The Morgan fingerprint density at radius 1 is 1.14 bits per heavy atom. The Morgan fingerprint density at radius 2 is 1.89 bits per heavy atom. The van der Waals surface area contributed by atoms with Crippen molar-refractivity contribution in [3.63, 3.8) is 0 Å². The van der Waals surface area contributed by atoms with Crippen molar-refractivity contribution in [1.82, 2.24) is 19.4 Å². The quantitative estimate of drug-likeness (QED) is 0.786. The van der Waals surface area contributed by atoms with E-state index in [0.717, 1.165) is 69.7 Å². The van der Waals surface area contributed by atoms with Gasteiger partial charge in [-0.15, -0.1) is 5.10 Å². The first-order chi connectivity index (χ1) is 13.6. The van der Waals surface area contributed by atoms with Gasteiger partial charge in [0.05, 0.1) is 12.8 Å². The van der Waals surface area contributed by atoms with Crippen LogP contribution in [0.25, 0.3) is 0 Å². The van der Waals surface area contributed by atoms with Gasteiger partial charge in [-0.05, 0) is 74.8 Å². The van der Waals surface area contributed by atoms with Crippen LogP contribution in [-0.4, -0.2) is 57.6 Å². The van der Waals surface area contributed by atoms with Crippen LogP contribution in [0.2, 0.25) is 0 Å². The summed E-state index contributed by atoms with van der Waals surface area (Å²) in [6.07, 6.45) is 5.46. The molecule has 0 aliphatic carbocycles. The first-order valence-corrected chi connectivity index (χ1v) is 10.8. The van der Waals surface area contributed by atoms with Gasteiger partial charge in [0.15, 0.2) is 0 Å². The maximum atomic E-state index is 13.2. The molecule has 2 aliphatic rings. The van der Waals surface area contributed by atoms with Crippen molar-refractivity contribution in [2.45, 2.75) is 51.1 Å². The highest BCUT2D eigenvalue weighted by Gasteiger charge is 2.45. The number of aryl methyl sites for hydroxylation is 1. The Hall–Kier alpha value is -1.99. The van der Waals surface area contributed by atoms with Crippen LogP contribution in [0.3, 0.4) is 0 Å². The van der Waals surface area contributed by atoms with Gasteiger partial charge in [-0.2, -0.15) is 0 Å². The zero-order chi connectivity index (χ0) is 19.6. The molecule has 2 aromatic rings. The number of benzene rings is 1.